The van der Waals surface area contributed by atoms with E-state index >= 15 is 13.2 Å². The Morgan fingerprint density at radius 3 is 1.71 bits per heavy atom. The number of nitriles is 2. The lowest BCUT2D eigenvalue weighted by molar-refractivity contribution is -0.137. The van der Waals surface area contributed by atoms with Crippen molar-refractivity contribution in [3.63, 3.8) is 0 Å². The zero-order chi connectivity index (χ0) is 45.9. The highest BCUT2D eigenvalue weighted by Gasteiger charge is 2.36. The molecule has 0 aliphatic carbocycles. The predicted molar refractivity (Wildman–Crippen MR) is 251 cm³/mol. The fraction of sp³-hybridized carbons (Fsp3) is 0.0182. The fourth-order valence-corrected chi connectivity index (χ4v) is 9.10. The zero-order valence-electron chi connectivity index (χ0n) is 34.1. The molecular formula is C55H25F3N8. The van der Waals surface area contributed by atoms with Gasteiger partial charge in [0.2, 0.25) is 5.69 Å². The van der Waals surface area contributed by atoms with Crippen LogP contribution in [0.1, 0.15) is 16.7 Å². The zero-order valence-corrected chi connectivity index (χ0v) is 34.1. The lowest BCUT2D eigenvalue weighted by Crippen LogP contribution is -2.09. The SMILES string of the molecule is [C-]#[N+]c1ccc(-c2ccc3c4ccccc4n(-c4c(-c5c([N+]#[C-])cccc5C(F)(F)F)ccc(-n5c6ccccc6c6ccc(-c7ccc(C#N)cc7[N+]#[C-])cc65)c4[N+]#[C-])c3c2)c(C#N)c1. The van der Waals surface area contributed by atoms with Crippen LogP contribution < -0.4 is 0 Å². The summed E-state index contributed by atoms with van der Waals surface area (Å²) in [5.41, 5.74) is 4.71. The summed E-state index contributed by atoms with van der Waals surface area (Å²) in [6.45, 7) is 32.6. The van der Waals surface area contributed by atoms with Crippen molar-refractivity contribution in [2.75, 3.05) is 0 Å². The molecular weight excluding hydrogens is 830 g/mol. The van der Waals surface area contributed by atoms with Crippen LogP contribution in [-0.4, -0.2) is 9.13 Å². The minimum Gasteiger partial charge on any atom is -0.319 e. The van der Waals surface area contributed by atoms with E-state index in [-0.39, 0.29) is 45.1 Å². The molecule has 2 aromatic heterocycles. The number of hydrogen-bond acceptors (Lipinski definition) is 2. The quantitative estimate of drug-likeness (QED) is 0.162. The Morgan fingerprint density at radius 2 is 1.09 bits per heavy atom. The fourth-order valence-electron chi connectivity index (χ4n) is 9.10. The van der Waals surface area contributed by atoms with Gasteiger partial charge in [-0.25, -0.2) is 19.4 Å². The van der Waals surface area contributed by atoms with E-state index in [1.165, 1.54) is 24.3 Å². The molecule has 10 rings (SSSR count). The molecule has 0 atom stereocenters. The van der Waals surface area contributed by atoms with Crippen molar-refractivity contribution in [3.05, 3.63) is 214 Å². The van der Waals surface area contributed by atoms with Gasteiger partial charge >= 0.3 is 6.18 Å². The molecule has 8 nitrogen and oxygen atoms in total. The van der Waals surface area contributed by atoms with Crippen LogP contribution in [0.5, 0.6) is 0 Å². The van der Waals surface area contributed by atoms with Gasteiger partial charge in [-0.1, -0.05) is 103 Å². The van der Waals surface area contributed by atoms with E-state index in [0.29, 0.717) is 61.0 Å². The summed E-state index contributed by atoms with van der Waals surface area (Å²) in [6, 6.07) is 46.9. The van der Waals surface area contributed by atoms with Gasteiger partial charge in [0.15, 0.2) is 17.1 Å². The largest absolute Gasteiger partial charge is 0.415 e. The van der Waals surface area contributed by atoms with Gasteiger partial charge in [-0.2, -0.15) is 23.7 Å². The van der Waals surface area contributed by atoms with Gasteiger partial charge < -0.3 is 9.13 Å². The third-order valence-electron chi connectivity index (χ3n) is 11.9. The van der Waals surface area contributed by atoms with E-state index in [9.17, 15) is 10.5 Å². The maximum Gasteiger partial charge on any atom is 0.415 e. The molecule has 0 aliphatic rings. The Labute approximate surface area is 375 Å². The number of nitrogens with zero attached hydrogens (tertiary/aromatic N) is 8. The summed E-state index contributed by atoms with van der Waals surface area (Å²) in [4.78, 5) is 15.0. The number of rotatable bonds is 5. The molecule has 10 aromatic rings. The predicted octanol–water partition coefficient (Wildman–Crippen LogP) is 15.8. The second-order valence-corrected chi connectivity index (χ2v) is 15.3. The van der Waals surface area contributed by atoms with Crippen molar-refractivity contribution < 1.29 is 13.2 Å². The van der Waals surface area contributed by atoms with Crippen LogP contribution in [0.15, 0.2) is 152 Å². The van der Waals surface area contributed by atoms with Crippen LogP contribution in [-0.2, 0) is 6.18 Å². The molecule has 0 saturated carbocycles. The molecule has 11 heteroatoms. The van der Waals surface area contributed by atoms with Gasteiger partial charge in [0.1, 0.15) is 0 Å². The number of halogens is 3. The van der Waals surface area contributed by atoms with E-state index in [2.05, 4.69) is 31.5 Å². The molecule has 0 N–H and O–H groups in total. The van der Waals surface area contributed by atoms with Crippen molar-refractivity contribution in [3.8, 4) is 56.9 Å². The first-order valence-corrected chi connectivity index (χ1v) is 20.2. The lowest BCUT2D eigenvalue weighted by atomic mass is 9.94. The van der Waals surface area contributed by atoms with Gasteiger partial charge in [0.05, 0.1) is 77.4 Å². The number of hydrogen-bond donors (Lipinski definition) is 0. The Morgan fingerprint density at radius 1 is 0.485 bits per heavy atom. The second kappa shape index (κ2) is 15.5. The lowest BCUT2D eigenvalue weighted by Gasteiger charge is -2.23. The average molecular weight is 855 g/mol. The molecule has 306 valence electrons. The summed E-state index contributed by atoms with van der Waals surface area (Å²) in [5, 5.41) is 22.9. The average Bonchev–Trinajstić information content (AvgIpc) is 3.86. The minimum absolute atomic E-state index is 0.00315. The van der Waals surface area contributed by atoms with E-state index in [1.54, 1.807) is 47.0 Å². The first-order valence-electron chi connectivity index (χ1n) is 20.2. The van der Waals surface area contributed by atoms with Crippen molar-refractivity contribution >= 4 is 66.4 Å². The highest BCUT2D eigenvalue weighted by Crippen LogP contribution is 2.51. The van der Waals surface area contributed by atoms with Crippen LogP contribution >= 0.6 is 0 Å². The summed E-state index contributed by atoms with van der Waals surface area (Å²) >= 11 is 0. The van der Waals surface area contributed by atoms with Crippen molar-refractivity contribution in [1.29, 1.82) is 10.5 Å². The molecule has 0 unspecified atom stereocenters. The molecule has 66 heavy (non-hydrogen) atoms. The maximum atomic E-state index is 15.3. The van der Waals surface area contributed by atoms with E-state index < -0.39 is 11.7 Å². The number of alkyl halides is 3. The first kappa shape index (κ1) is 40.2. The monoisotopic (exact) mass is 854 g/mol. The van der Waals surface area contributed by atoms with Gasteiger partial charge in [-0.15, -0.1) is 0 Å². The number of aromatic nitrogens is 2. The molecule has 0 amide bonds. The standard InChI is InChI=1S/C55H25F3N8/c1-61-36-19-23-37(35(27-36)31-60)33-17-21-42-40-11-6-8-15-48(40)66(51(42)28-33)54-43(52-44(55(56,57)58)12-9-13-45(52)62-2)24-25-49(53(54)64-4)65-47-14-7-5-10-39(47)41-22-18-34(29-50(41)65)38-20-16-32(30-59)26-46(38)63-3/h5-29H. The van der Waals surface area contributed by atoms with E-state index in [1.807, 2.05) is 83.4 Å². The summed E-state index contributed by atoms with van der Waals surface area (Å²) in [7, 11) is 0. The molecule has 0 aliphatic heterocycles. The molecule has 2 heterocycles. The highest BCUT2D eigenvalue weighted by atomic mass is 19.4. The number of benzene rings is 8. The Hall–Kier alpha value is -9.91. The molecule has 0 spiro atoms. The molecule has 0 bridgehead atoms. The Balaban J connectivity index is 1.37. The van der Waals surface area contributed by atoms with Gasteiger partial charge in [-0.3, -0.25) is 0 Å². The highest BCUT2D eigenvalue weighted by molar-refractivity contribution is 6.14. The summed E-state index contributed by atoms with van der Waals surface area (Å²) in [5.74, 6) is 0. The first-order chi connectivity index (χ1) is 32.1. The Bertz CT molecular complexity index is 4020. The van der Waals surface area contributed by atoms with Crippen LogP contribution in [0.25, 0.3) is 108 Å². The number of fused-ring (bicyclic) bond motifs is 6. The second-order valence-electron chi connectivity index (χ2n) is 15.3. The third-order valence-corrected chi connectivity index (χ3v) is 11.9. The summed E-state index contributed by atoms with van der Waals surface area (Å²) < 4.78 is 49.4. The van der Waals surface area contributed by atoms with Crippen LogP contribution in [0.3, 0.4) is 0 Å². The van der Waals surface area contributed by atoms with Gasteiger partial charge in [0.25, 0.3) is 0 Å². The third kappa shape index (κ3) is 6.18. The van der Waals surface area contributed by atoms with Crippen molar-refractivity contribution in [1.82, 2.24) is 9.13 Å². The topological polar surface area (TPSA) is 74.9 Å². The van der Waals surface area contributed by atoms with Crippen molar-refractivity contribution in [2.24, 2.45) is 0 Å². The van der Waals surface area contributed by atoms with Crippen LogP contribution in [0, 0.1) is 49.0 Å². The molecule has 0 fully saturated rings. The van der Waals surface area contributed by atoms with Crippen molar-refractivity contribution in [2.45, 2.75) is 6.18 Å². The smallest absolute Gasteiger partial charge is 0.319 e. The Kier molecular flexibility index (Phi) is 9.41. The molecule has 8 aromatic carbocycles. The number of para-hydroxylation sites is 2. The molecule has 0 radical (unpaired) electrons. The van der Waals surface area contributed by atoms with Crippen LogP contribution in [0.2, 0.25) is 0 Å². The van der Waals surface area contributed by atoms with Gasteiger partial charge in [-0.05, 0) is 76.3 Å². The molecule has 0 saturated heterocycles. The maximum absolute atomic E-state index is 15.3. The minimum atomic E-state index is -4.89. The van der Waals surface area contributed by atoms with E-state index in [0.717, 1.165) is 22.2 Å². The normalized spacial score (nSPS) is 11.2. The van der Waals surface area contributed by atoms with Crippen LogP contribution in [0.4, 0.5) is 35.9 Å². The summed E-state index contributed by atoms with van der Waals surface area (Å²) in [6.07, 6.45) is -4.89. The van der Waals surface area contributed by atoms with Gasteiger partial charge in [0, 0.05) is 38.2 Å². The van der Waals surface area contributed by atoms with E-state index in [4.69, 9.17) is 26.3 Å².